The Balaban J connectivity index is 1.82. The average Bonchev–Trinajstić information content (AvgIpc) is 3.59. The molecule has 0 amide bonds. The van der Waals surface area contributed by atoms with Crippen molar-refractivity contribution in [2.45, 2.75) is 38.6 Å². The van der Waals surface area contributed by atoms with Crippen LogP contribution in [-0.4, -0.2) is 26.1 Å². The van der Waals surface area contributed by atoms with E-state index in [1.807, 2.05) is 12.1 Å². The summed E-state index contributed by atoms with van der Waals surface area (Å²) in [7, 11) is 0. The van der Waals surface area contributed by atoms with E-state index in [1.54, 1.807) is 25.1 Å². The van der Waals surface area contributed by atoms with E-state index in [0.29, 0.717) is 25.0 Å². The molecule has 1 aliphatic carbocycles. The lowest BCUT2D eigenvalue weighted by atomic mass is 10.2. The molecule has 8 nitrogen and oxygen atoms in total. The van der Waals surface area contributed by atoms with Crippen molar-refractivity contribution < 1.29 is 22.6 Å². The van der Waals surface area contributed by atoms with E-state index in [0.717, 1.165) is 0 Å². The van der Waals surface area contributed by atoms with Gasteiger partial charge in [-0.3, -0.25) is 4.57 Å². The van der Waals surface area contributed by atoms with Gasteiger partial charge in [-0.2, -0.15) is 33.7 Å². The van der Waals surface area contributed by atoms with Gasteiger partial charge in [-0.25, -0.2) is 4.98 Å². The summed E-state index contributed by atoms with van der Waals surface area (Å²) >= 11 is 5.96. The highest BCUT2D eigenvalue weighted by molar-refractivity contribution is 6.32. The molecule has 0 unspecified atom stereocenters. The number of nitrogens with zero attached hydrogens (tertiary/aromatic N) is 6. The maximum absolute atomic E-state index is 13.6. The fraction of sp³-hybridized carbons (Fsp3) is 0.318. The SMILES string of the molecule is CCOCn1c(-c2ccccc2Oc2nc(C3CC3)c(Cl)c(C(F)(F)F)n2)nc(C#N)c1C#N. The van der Waals surface area contributed by atoms with Crippen molar-refractivity contribution >= 4 is 11.6 Å². The van der Waals surface area contributed by atoms with Crippen LogP contribution in [-0.2, 0) is 17.6 Å². The topological polar surface area (TPSA) is 110 Å². The molecule has 174 valence electrons. The van der Waals surface area contributed by atoms with E-state index in [-0.39, 0.29) is 41.3 Å². The van der Waals surface area contributed by atoms with E-state index in [9.17, 15) is 23.7 Å². The number of rotatable bonds is 7. The van der Waals surface area contributed by atoms with E-state index in [4.69, 9.17) is 21.1 Å². The number of nitriles is 2. The van der Waals surface area contributed by atoms with Crippen LogP contribution >= 0.6 is 11.6 Å². The van der Waals surface area contributed by atoms with Gasteiger partial charge in [0.25, 0.3) is 0 Å². The number of ether oxygens (including phenoxy) is 2. The molecular weight excluding hydrogens is 473 g/mol. The van der Waals surface area contributed by atoms with Gasteiger partial charge in [0.2, 0.25) is 0 Å². The summed E-state index contributed by atoms with van der Waals surface area (Å²) in [5.41, 5.74) is -1.01. The Morgan fingerprint density at radius 3 is 2.50 bits per heavy atom. The van der Waals surface area contributed by atoms with Crippen LogP contribution in [0.15, 0.2) is 24.3 Å². The maximum Gasteiger partial charge on any atom is 0.435 e. The molecule has 1 aliphatic rings. The standard InChI is InChI=1S/C22H16ClF3N6O2/c1-2-33-11-32-15(10-28)14(9-27)29-20(32)13-5-3-4-6-16(13)34-21-30-18(12-7-8-12)17(23)19(31-21)22(24,25)26/h3-6,12H,2,7-8,11H2,1H3. The Labute approximate surface area is 197 Å². The molecule has 0 atom stereocenters. The molecule has 4 rings (SSSR count). The lowest BCUT2D eigenvalue weighted by Gasteiger charge is -2.15. The van der Waals surface area contributed by atoms with Gasteiger partial charge in [-0.05, 0) is 31.9 Å². The van der Waals surface area contributed by atoms with Crippen LogP contribution < -0.4 is 4.74 Å². The Morgan fingerprint density at radius 2 is 1.88 bits per heavy atom. The Kier molecular flexibility index (Phi) is 6.42. The summed E-state index contributed by atoms with van der Waals surface area (Å²) in [5, 5.41) is 18.4. The lowest BCUT2D eigenvalue weighted by Crippen LogP contribution is -2.13. The summed E-state index contributed by atoms with van der Waals surface area (Å²) in [6, 6.07) is 9.62. The number of hydrogen-bond donors (Lipinski definition) is 0. The van der Waals surface area contributed by atoms with Crippen molar-refractivity contribution in [1.82, 2.24) is 19.5 Å². The molecule has 0 bridgehead atoms. The fourth-order valence-electron chi connectivity index (χ4n) is 3.30. The van der Waals surface area contributed by atoms with Crippen molar-refractivity contribution in [1.29, 1.82) is 10.5 Å². The van der Waals surface area contributed by atoms with Crippen LogP contribution in [0, 0.1) is 22.7 Å². The first kappa shape index (κ1) is 23.5. The third-order valence-electron chi connectivity index (χ3n) is 5.02. The van der Waals surface area contributed by atoms with E-state index < -0.39 is 22.9 Å². The number of para-hydroxylation sites is 1. The minimum absolute atomic E-state index is 0.0149. The number of aromatic nitrogens is 4. The van der Waals surface area contributed by atoms with Gasteiger partial charge in [0.1, 0.15) is 30.4 Å². The van der Waals surface area contributed by atoms with Gasteiger partial charge in [0, 0.05) is 12.5 Å². The molecule has 1 fully saturated rings. The second-order valence-electron chi connectivity index (χ2n) is 7.33. The molecule has 0 aliphatic heterocycles. The maximum atomic E-state index is 13.6. The van der Waals surface area contributed by atoms with Crippen molar-refractivity contribution in [2.75, 3.05) is 6.61 Å². The zero-order chi connectivity index (χ0) is 24.5. The van der Waals surface area contributed by atoms with Gasteiger partial charge < -0.3 is 9.47 Å². The Bertz CT molecular complexity index is 1320. The number of imidazole rings is 1. The predicted octanol–water partition coefficient (Wildman–Crippen LogP) is 5.42. The Hall–Kier alpha value is -3.67. The molecule has 3 aromatic rings. The smallest absolute Gasteiger partial charge is 0.423 e. The second kappa shape index (κ2) is 9.29. The van der Waals surface area contributed by atoms with Crippen molar-refractivity contribution in [3.63, 3.8) is 0 Å². The molecule has 2 heterocycles. The molecule has 1 saturated carbocycles. The minimum atomic E-state index is -4.79. The minimum Gasteiger partial charge on any atom is -0.423 e. The van der Waals surface area contributed by atoms with Gasteiger partial charge in [0.15, 0.2) is 17.1 Å². The van der Waals surface area contributed by atoms with Gasteiger partial charge in [-0.15, -0.1) is 0 Å². The van der Waals surface area contributed by atoms with Crippen LogP contribution in [0.3, 0.4) is 0 Å². The number of benzene rings is 1. The zero-order valence-electron chi connectivity index (χ0n) is 17.7. The highest BCUT2D eigenvalue weighted by atomic mass is 35.5. The number of hydrogen-bond acceptors (Lipinski definition) is 7. The normalized spacial score (nSPS) is 13.4. The highest BCUT2D eigenvalue weighted by Gasteiger charge is 2.40. The third-order valence-corrected chi connectivity index (χ3v) is 5.39. The average molecular weight is 489 g/mol. The quantitative estimate of drug-likeness (QED) is 0.436. The number of halogens is 4. The van der Waals surface area contributed by atoms with Crippen molar-refractivity contribution in [3.05, 3.63) is 52.1 Å². The number of alkyl halides is 3. The van der Waals surface area contributed by atoms with E-state index >= 15 is 0 Å². The summed E-state index contributed by atoms with van der Waals surface area (Å²) in [6.45, 7) is 2.03. The van der Waals surface area contributed by atoms with Crippen LogP contribution in [0.4, 0.5) is 13.2 Å². The first-order valence-corrected chi connectivity index (χ1v) is 10.6. The summed E-state index contributed by atoms with van der Waals surface area (Å²) in [4.78, 5) is 11.9. The van der Waals surface area contributed by atoms with Gasteiger partial charge >= 0.3 is 12.2 Å². The van der Waals surface area contributed by atoms with E-state index in [1.165, 1.54) is 10.6 Å². The van der Waals surface area contributed by atoms with Gasteiger partial charge in [-0.1, -0.05) is 23.7 Å². The molecule has 0 saturated heterocycles. The molecule has 1 aromatic carbocycles. The molecule has 12 heteroatoms. The molecule has 0 radical (unpaired) electrons. The largest absolute Gasteiger partial charge is 0.435 e. The fourth-order valence-corrected chi connectivity index (χ4v) is 3.65. The molecular formula is C22H16ClF3N6O2. The monoisotopic (exact) mass is 488 g/mol. The third kappa shape index (κ3) is 4.53. The second-order valence-corrected chi connectivity index (χ2v) is 7.71. The zero-order valence-corrected chi connectivity index (χ0v) is 18.5. The van der Waals surface area contributed by atoms with E-state index in [2.05, 4.69) is 15.0 Å². The van der Waals surface area contributed by atoms with Crippen LogP contribution in [0.1, 0.15) is 48.5 Å². The van der Waals surface area contributed by atoms with Crippen LogP contribution in [0.5, 0.6) is 11.8 Å². The van der Waals surface area contributed by atoms with Crippen LogP contribution in [0.25, 0.3) is 11.4 Å². The Morgan fingerprint density at radius 1 is 1.15 bits per heavy atom. The van der Waals surface area contributed by atoms with Gasteiger partial charge in [0.05, 0.1) is 16.3 Å². The summed E-state index contributed by atoms with van der Waals surface area (Å²) in [5.74, 6) is 0.0663. The van der Waals surface area contributed by atoms with Crippen molar-refractivity contribution in [3.8, 4) is 35.3 Å². The first-order chi connectivity index (χ1) is 16.3. The highest BCUT2D eigenvalue weighted by Crippen LogP contribution is 2.46. The van der Waals surface area contributed by atoms with Crippen LogP contribution in [0.2, 0.25) is 5.02 Å². The first-order valence-electron chi connectivity index (χ1n) is 10.2. The molecule has 2 aromatic heterocycles. The molecule has 34 heavy (non-hydrogen) atoms. The summed E-state index contributed by atoms with van der Waals surface area (Å²) < 4.78 is 53.2. The van der Waals surface area contributed by atoms with Crippen molar-refractivity contribution in [2.24, 2.45) is 0 Å². The predicted molar refractivity (Wildman–Crippen MR) is 113 cm³/mol. The lowest BCUT2D eigenvalue weighted by molar-refractivity contribution is -0.141. The molecule has 0 spiro atoms. The molecule has 0 N–H and O–H groups in total. The summed E-state index contributed by atoms with van der Waals surface area (Å²) in [6.07, 6.45) is -3.45.